The SMILES string of the molecule is CCn1cnc(-c2ccc(C3=CCN(C(=O)CN4CC[C@]5(CCN(c6ccc7c(c6)C(c6ccc(OC(C)C)nc6)=NC7)C5=O)C4)CC3)cc2)n1. The Hall–Kier alpha value is -5.16. The Morgan fingerprint density at radius 2 is 1.76 bits per heavy atom. The molecular weight excluding hydrogens is 640 g/mol. The highest BCUT2D eigenvalue weighted by molar-refractivity contribution is 6.16. The fourth-order valence-electron chi connectivity index (χ4n) is 7.82. The first-order valence-corrected chi connectivity index (χ1v) is 18.1. The molecule has 6 heterocycles. The number of aliphatic imine (C=N–C) groups is 1. The number of aryl methyl sites for hydroxylation is 1. The number of nitrogens with zero attached hydrogens (tertiary/aromatic N) is 8. The van der Waals surface area contributed by atoms with Gasteiger partial charge in [0, 0.05) is 67.4 Å². The number of likely N-dealkylation sites (tertiary alicyclic amines) is 1. The summed E-state index contributed by atoms with van der Waals surface area (Å²) in [6.45, 7) is 11.1. The number of fused-ring (bicyclic) bond motifs is 1. The van der Waals surface area contributed by atoms with E-state index in [0.29, 0.717) is 45.1 Å². The lowest BCUT2D eigenvalue weighted by molar-refractivity contribution is -0.132. The second kappa shape index (κ2) is 13.5. The molecule has 0 bridgehead atoms. The molecule has 4 aliphatic rings. The van der Waals surface area contributed by atoms with E-state index in [4.69, 9.17) is 9.73 Å². The number of rotatable bonds is 9. The van der Waals surface area contributed by atoms with Crippen LogP contribution in [0.15, 0.2) is 78.2 Å². The first-order chi connectivity index (χ1) is 24.8. The van der Waals surface area contributed by atoms with E-state index in [2.05, 4.69) is 62.4 Å². The van der Waals surface area contributed by atoms with Crippen LogP contribution in [-0.2, 0) is 22.7 Å². The molecule has 11 nitrogen and oxygen atoms in total. The van der Waals surface area contributed by atoms with Crippen LogP contribution in [0.5, 0.6) is 5.88 Å². The summed E-state index contributed by atoms with van der Waals surface area (Å²) in [6, 6.07) is 18.5. The van der Waals surface area contributed by atoms with Gasteiger partial charge < -0.3 is 14.5 Å². The number of ether oxygens (including phenoxy) is 1. The zero-order valence-corrected chi connectivity index (χ0v) is 29.6. The smallest absolute Gasteiger partial charge is 0.237 e. The van der Waals surface area contributed by atoms with Crippen LogP contribution in [-0.4, -0.2) is 92.4 Å². The summed E-state index contributed by atoms with van der Waals surface area (Å²) >= 11 is 0. The number of carbonyl (C=O) groups excluding carboxylic acids is 2. The third-order valence-electron chi connectivity index (χ3n) is 10.7. The minimum Gasteiger partial charge on any atom is -0.475 e. The molecule has 8 rings (SSSR count). The normalized spacial score (nSPS) is 20.4. The van der Waals surface area contributed by atoms with Crippen molar-refractivity contribution in [2.75, 3.05) is 44.2 Å². The minimum absolute atomic E-state index is 0.0576. The summed E-state index contributed by atoms with van der Waals surface area (Å²) in [6.07, 6.45) is 8.17. The molecule has 0 aliphatic carbocycles. The summed E-state index contributed by atoms with van der Waals surface area (Å²) < 4.78 is 7.54. The van der Waals surface area contributed by atoms with Crippen molar-refractivity contribution in [3.8, 4) is 17.3 Å². The zero-order valence-electron chi connectivity index (χ0n) is 29.6. The van der Waals surface area contributed by atoms with Crippen LogP contribution < -0.4 is 9.64 Å². The first-order valence-electron chi connectivity index (χ1n) is 18.1. The molecule has 2 fully saturated rings. The van der Waals surface area contributed by atoms with Gasteiger partial charge in [0.05, 0.1) is 30.3 Å². The monoisotopic (exact) mass is 684 g/mol. The second-order valence-electron chi connectivity index (χ2n) is 14.3. The van der Waals surface area contributed by atoms with Crippen molar-refractivity contribution in [3.05, 3.63) is 95.5 Å². The van der Waals surface area contributed by atoms with E-state index in [0.717, 1.165) is 71.8 Å². The number of hydrogen-bond acceptors (Lipinski definition) is 8. The molecule has 1 spiro atoms. The third kappa shape index (κ3) is 6.46. The molecule has 262 valence electrons. The molecule has 0 saturated carbocycles. The van der Waals surface area contributed by atoms with E-state index in [-0.39, 0.29) is 17.9 Å². The highest BCUT2D eigenvalue weighted by Gasteiger charge is 2.51. The van der Waals surface area contributed by atoms with Crippen LogP contribution in [0.4, 0.5) is 5.69 Å². The topological polar surface area (TPSA) is 109 Å². The zero-order chi connectivity index (χ0) is 35.1. The first kappa shape index (κ1) is 33.0. The van der Waals surface area contributed by atoms with Gasteiger partial charge in [0.1, 0.15) is 6.33 Å². The molecule has 11 heteroatoms. The van der Waals surface area contributed by atoms with Gasteiger partial charge >= 0.3 is 0 Å². The van der Waals surface area contributed by atoms with Crippen molar-refractivity contribution >= 4 is 28.8 Å². The van der Waals surface area contributed by atoms with Crippen molar-refractivity contribution < 1.29 is 14.3 Å². The standard InChI is InChI=1S/C40H44N8O3/c1-4-47-26-43-38(44-47)30-7-5-28(6-8-30)29-13-17-46(18-14-29)36(49)24-45-19-15-40(25-45)16-20-48(39(40)50)33-11-9-31-22-42-37(34(31)21-33)32-10-12-35(41-23-32)51-27(2)3/h5-13,21,23,26-27H,4,14-20,22,24-25H2,1-3H3/t40-/m0/s1. The summed E-state index contributed by atoms with van der Waals surface area (Å²) in [4.78, 5) is 47.3. The molecule has 51 heavy (non-hydrogen) atoms. The Kier molecular flexibility index (Phi) is 8.75. The van der Waals surface area contributed by atoms with Crippen molar-refractivity contribution in [2.24, 2.45) is 10.4 Å². The van der Waals surface area contributed by atoms with E-state index in [1.807, 2.05) is 59.6 Å². The molecular formula is C40H44N8O3. The maximum Gasteiger partial charge on any atom is 0.237 e. The summed E-state index contributed by atoms with van der Waals surface area (Å²) in [5, 5.41) is 4.50. The molecule has 0 unspecified atom stereocenters. The van der Waals surface area contributed by atoms with E-state index in [1.165, 1.54) is 11.1 Å². The number of benzene rings is 2. The van der Waals surface area contributed by atoms with Gasteiger partial charge in [-0.15, -0.1) is 0 Å². The van der Waals surface area contributed by atoms with Crippen molar-refractivity contribution in [2.45, 2.75) is 59.2 Å². The maximum absolute atomic E-state index is 14.1. The quantitative estimate of drug-likeness (QED) is 0.237. The fraction of sp³-hybridized carbons (Fsp3) is 0.400. The van der Waals surface area contributed by atoms with Crippen LogP contribution >= 0.6 is 0 Å². The van der Waals surface area contributed by atoms with Gasteiger partial charge in [-0.2, -0.15) is 5.10 Å². The van der Waals surface area contributed by atoms with Gasteiger partial charge in [-0.1, -0.05) is 36.4 Å². The van der Waals surface area contributed by atoms with Crippen LogP contribution in [0.25, 0.3) is 17.0 Å². The van der Waals surface area contributed by atoms with E-state index in [1.54, 1.807) is 6.33 Å². The van der Waals surface area contributed by atoms with Gasteiger partial charge in [-0.3, -0.25) is 24.2 Å². The average molecular weight is 685 g/mol. The molecule has 4 aromatic rings. The molecule has 4 aliphatic heterocycles. The van der Waals surface area contributed by atoms with Gasteiger partial charge in [0.15, 0.2) is 5.82 Å². The highest BCUT2D eigenvalue weighted by Crippen LogP contribution is 2.43. The molecule has 2 aromatic carbocycles. The van der Waals surface area contributed by atoms with Gasteiger partial charge in [0.2, 0.25) is 17.7 Å². The van der Waals surface area contributed by atoms with Crippen molar-refractivity contribution in [1.29, 1.82) is 0 Å². The lowest BCUT2D eigenvalue weighted by Crippen LogP contribution is -2.43. The summed E-state index contributed by atoms with van der Waals surface area (Å²) in [5.41, 5.74) is 7.90. The van der Waals surface area contributed by atoms with Crippen LogP contribution in [0.3, 0.4) is 0 Å². The van der Waals surface area contributed by atoms with Crippen LogP contribution in [0, 0.1) is 5.41 Å². The Labute approximate surface area is 298 Å². The number of anilines is 1. The number of aromatic nitrogens is 4. The van der Waals surface area contributed by atoms with E-state index < -0.39 is 5.41 Å². The molecule has 0 N–H and O–H groups in total. The molecule has 0 radical (unpaired) electrons. The predicted molar refractivity (Wildman–Crippen MR) is 197 cm³/mol. The molecule has 2 aromatic heterocycles. The Bertz CT molecular complexity index is 2020. The number of hydrogen-bond donors (Lipinski definition) is 0. The minimum atomic E-state index is -0.447. The van der Waals surface area contributed by atoms with Crippen LogP contribution in [0.2, 0.25) is 0 Å². The van der Waals surface area contributed by atoms with E-state index in [9.17, 15) is 9.59 Å². The lowest BCUT2D eigenvalue weighted by Gasteiger charge is -2.29. The maximum atomic E-state index is 14.1. The fourth-order valence-corrected chi connectivity index (χ4v) is 7.82. The summed E-state index contributed by atoms with van der Waals surface area (Å²) in [7, 11) is 0. The Morgan fingerprint density at radius 3 is 2.49 bits per heavy atom. The number of carbonyl (C=O) groups is 2. The van der Waals surface area contributed by atoms with Crippen molar-refractivity contribution in [1.82, 2.24) is 29.5 Å². The second-order valence-corrected chi connectivity index (χ2v) is 14.3. The lowest BCUT2D eigenvalue weighted by atomic mass is 9.85. The average Bonchev–Trinajstić information content (AvgIpc) is 3.96. The van der Waals surface area contributed by atoms with Gasteiger partial charge in [-0.25, -0.2) is 9.97 Å². The van der Waals surface area contributed by atoms with E-state index >= 15 is 0 Å². The number of pyridine rings is 1. The summed E-state index contributed by atoms with van der Waals surface area (Å²) in [5.74, 6) is 1.61. The molecule has 1 atom stereocenters. The Morgan fingerprint density at radius 1 is 0.961 bits per heavy atom. The molecule has 2 amide bonds. The third-order valence-corrected chi connectivity index (χ3v) is 10.7. The van der Waals surface area contributed by atoms with Crippen molar-refractivity contribution in [3.63, 3.8) is 0 Å². The predicted octanol–water partition coefficient (Wildman–Crippen LogP) is 5.24. The Balaban J connectivity index is 0.871. The largest absolute Gasteiger partial charge is 0.475 e. The highest BCUT2D eigenvalue weighted by atomic mass is 16.5. The van der Waals surface area contributed by atoms with Gasteiger partial charge in [-0.05, 0) is 81.5 Å². The van der Waals surface area contributed by atoms with Crippen LogP contribution in [0.1, 0.15) is 62.3 Å². The number of amides is 2. The molecule has 2 saturated heterocycles. The van der Waals surface area contributed by atoms with Gasteiger partial charge in [0.25, 0.3) is 0 Å².